The van der Waals surface area contributed by atoms with Crippen LogP contribution in [0.2, 0.25) is 0 Å². The van der Waals surface area contributed by atoms with E-state index >= 15 is 8.78 Å². The van der Waals surface area contributed by atoms with Crippen LogP contribution in [0.4, 0.5) is 20.5 Å². The Kier molecular flexibility index (Phi) is 10.4. The molecule has 0 bridgehead atoms. The minimum absolute atomic E-state index is 0.0296. The van der Waals surface area contributed by atoms with E-state index in [0.717, 1.165) is 0 Å². The van der Waals surface area contributed by atoms with Crippen LogP contribution in [-0.4, -0.2) is 84.5 Å². The number of carbonyl (C=O) groups excluding carboxylic acids is 1. The van der Waals surface area contributed by atoms with E-state index in [9.17, 15) is 14.5 Å². The average Bonchev–Trinajstić information content (AvgIpc) is 3.62. The molecule has 15 nitrogen and oxygen atoms in total. The fourth-order valence-electron chi connectivity index (χ4n) is 5.27. The van der Waals surface area contributed by atoms with E-state index in [1.165, 1.54) is 23.4 Å². The molecule has 1 aliphatic carbocycles. The van der Waals surface area contributed by atoms with Gasteiger partial charge in [0.2, 0.25) is 5.95 Å². The summed E-state index contributed by atoms with van der Waals surface area (Å²) in [4.78, 5) is 52.7. The Labute approximate surface area is 254 Å². The van der Waals surface area contributed by atoms with Gasteiger partial charge in [-0.25, -0.2) is 23.7 Å². The topological polar surface area (TPSA) is 202 Å². The number of nitrogens with one attached hydrogen (secondary N) is 2. The van der Waals surface area contributed by atoms with Gasteiger partial charge in [-0.1, -0.05) is 0 Å². The van der Waals surface area contributed by atoms with Gasteiger partial charge >= 0.3 is 6.72 Å². The molecular formula is C22H28F2N8O7P2S2. The minimum atomic E-state index is -4.15. The minimum Gasteiger partial charge on any atom is -0.369 e. The van der Waals surface area contributed by atoms with Gasteiger partial charge in [-0.15, -0.1) is 12.2 Å². The molecule has 5 rings (SSSR count). The number of aromatic amines is 1. The third-order valence-electron chi connectivity index (χ3n) is 7.19. The number of nitrogens with zero attached hydrogens (tertiary/aromatic N) is 5. The highest BCUT2D eigenvalue weighted by atomic mass is 32.7. The Bertz CT molecular complexity index is 1530. The second kappa shape index (κ2) is 13.8. The fourth-order valence-corrected chi connectivity index (χ4v) is 7.25. The summed E-state index contributed by atoms with van der Waals surface area (Å²) in [5, 5.41) is 2.99. The van der Waals surface area contributed by atoms with Crippen molar-refractivity contribution in [3.8, 4) is 0 Å². The van der Waals surface area contributed by atoms with Crippen LogP contribution < -0.4 is 16.6 Å². The lowest BCUT2D eigenvalue weighted by atomic mass is 9.98. The fraction of sp³-hybridized carbons (Fsp3) is 0.545. The number of thiol groups is 1. The standard InChI is InChI=1S/C22H28F2N8O7P2S2/c23-15-11(2-4-33)21(32-9-28-17-19(32)30-22(25)31-20(17)34)38-13(15)7-37-41(35,43)39-18-10(6-36-40-42)5-12(16(18)24)29-14-1-3-26-8-27-14/h1,3-4,8-13,15-16,18,21,40,42H,2,5-7H2,(H,35,43)(H,26,27,29)(H3,25,30,31,34)/t10-,11-,12-,13-,15+,16+,18-,21-,41?/m1/s1. The van der Waals surface area contributed by atoms with E-state index in [1.807, 2.05) is 0 Å². The molecular weight excluding hydrogens is 652 g/mol. The summed E-state index contributed by atoms with van der Waals surface area (Å²) in [5.41, 5.74) is 5.03. The van der Waals surface area contributed by atoms with Crippen molar-refractivity contribution < 1.29 is 36.8 Å². The van der Waals surface area contributed by atoms with Gasteiger partial charge in [0.05, 0.1) is 33.6 Å². The third kappa shape index (κ3) is 7.21. The quantitative estimate of drug-likeness (QED) is 0.0995. The van der Waals surface area contributed by atoms with E-state index in [0.29, 0.717) is 12.1 Å². The number of hydrogen-bond donors (Lipinski definition) is 5. The first-order valence-electron chi connectivity index (χ1n) is 12.9. The highest BCUT2D eigenvalue weighted by molar-refractivity contribution is 8.36. The Hall–Kier alpha value is -2.21. The average molecular weight is 681 g/mol. The monoisotopic (exact) mass is 680 g/mol. The number of imidazole rings is 1. The van der Waals surface area contributed by atoms with E-state index < -0.39 is 67.5 Å². The van der Waals surface area contributed by atoms with Gasteiger partial charge in [0.15, 0.2) is 11.2 Å². The molecule has 3 aromatic heterocycles. The molecule has 0 aromatic carbocycles. The molecule has 21 heteroatoms. The first kappa shape index (κ1) is 32.2. The second-order valence-electron chi connectivity index (χ2n) is 9.87. The number of aromatic nitrogens is 6. The zero-order valence-electron chi connectivity index (χ0n) is 22.1. The number of H-pyrrole nitrogens is 1. The number of nitrogens with two attached hydrogens (primary N) is 1. The molecule has 1 aliphatic heterocycles. The molecule has 4 heterocycles. The van der Waals surface area contributed by atoms with Gasteiger partial charge in [0, 0.05) is 24.5 Å². The number of halogens is 2. The van der Waals surface area contributed by atoms with E-state index in [2.05, 4.69) is 42.5 Å². The summed E-state index contributed by atoms with van der Waals surface area (Å²) >= 11 is 9.22. The van der Waals surface area contributed by atoms with Crippen LogP contribution in [0.1, 0.15) is 19.1 Å². The Morgan fingerprint density at radius 1 is 1.37 bits per heavy atom. The second-order valence-corrected chi connectivity index (χ2v) is 13.7. The van der Waals surface area contributed by atoms with E-state index in [-0.39, 0.29) is 44.6 Å². The summed E-state index contributed by atoms with van der Waals surface area (Å²) in [6.07, 6.45) is -2.45. The summed E-state index contributed by atoms with van der Waals surface area (Å²) in [5.74, 6) is -1.34. The zero-order chi connectivity index (χ0) is 30.7. The van der Waals surface area contributed by atoms with Crippen LogP contribution in [0, 0.1) is 11.8 Å². The first-order valence-corrected chi connectivity index (χ1v) is 17.7. The maximum absolute atomic E-state index is 15.6. The molecule has 3 aromatic rings. The predicted octanol–water partition coefficient (Wildman–Crippen LogP) is 1.84. The summed E-state index contributed by atoms with van der Waals surface area (Å²) in [7, 11) is -0.157. The zero-order valence-corrected chi connectivity index (χ0v) is 25.7. The van der Waals surface area contributed by atoms with Crippen molar-refractivity contribution in [2.75, 3.05) is 24.3 Å². The van der Waals surface area contributed by atoms with Gasteiger partial charge in [-0.05, 0) is 24.3 Å². The van der Waals surface area contributed by atoms with Gasteiger partial charge < -0.3 is 39.0 Å². The van der Waals surface area contributed by atoms with Crippen LogP contribution in [0.3, 0.4) is 0 Å². The van der Waals surface area contributed by atoms with Gasteiger partial charge in [-0.2, -0.15) is 4.98 Å². The number of nitrogen functional groups attached to an aromatic ring is 1. The molecule has 2 aliphatic rings. The molecule has 5 N–H and O–H groups in total. The lowest BCUT2D eigenvalue weighted by molar-refractivity contribution is -0.109. The number of carbonyl (C=O) groups is 1. The van der Waals surface area contributed by atoms with Crippen molar-refractivity contribution in [1.29, 1.82) is 0 Å². The summed E-state index contributed by atoms with van der Waals surface area (Å²) in [6, 6.07) is 0.835. The van der Waals surface area contributed by atoms with Crippen LogP contribution in [-0.2, 0) is 34.9 Å². The molecule has 0 amide bonds. The number of anilines is 2. The third-order valence-corrected chi connectivity index (χ3v) is 9.43. The van der Waals surface area contributed by atoms with Crippen molar-refractivity contribution in [2.24, 2.45) is 11.8 Å². The maximum Gasteiger partial charge on any atom is 0.324 e. The molecule has 1 saturated carbocycles. The molecule has 234 valence electrons. The predicted molar refractivity (Wildman–Crippen MR) is 159 cm³/mol. The number of rotatable bonds is 13. The lowest BCUT2D eigenvalue weighted by Gasteiger charge is -2.27. The van der Waals surface area contributed by atoms with Crippen molar-refractivity contribution in [2.45, 2.75) is 49.7 Å². The molecule has 0 spiro atoms. The van der Waals surface area contributed by atoms with Crippen LogP contribution in [0.25, 0.3) is 11.2 Å². The number of alkyl halides is 2. The van der Waals surface area contributed by atoms with E-state index in [1.54, 1.807) is 6.07 Å². The van der Waals surface area contributed by atoms with Crippen molar-refractivity contribution in [3.63, 3.8) is 0 Å². The summed E-state index contributed by atoms with van der Waals surface area (Å²) < 4.78 is 54.9. The Morgan fingerprint density at radius 2 is 2.19 bits per heavy atom. The van der Waals surface area contributed by atoms with Gasteiger partial charge in [-0.3, -0.25) is 14.3 Å². The lowest BCUT2D eigenvalue weighted by Crippen LogP contribution is -2.34. The van der Waals surface area contributed by atoms with E-state index in [4.69, 9.17) is 35.8 Å². The highest BCUT2D eigenvalue weighted by Crippen LogP contribution is 2.51. The molecule has 10 atom stereocenters. The van der Waals surface area contributed by atoms with Crippen LogP contribution in [0.15, 0.2) is 29.7 Å². The normalized spacial score (nSPS) is 30.7. The first-order chi connectivity index (χ1) is 20.6. The molecule has 1 saturated heterocycles. The van der Waals surface area contributed by atoms with Crippen molar-refractivity contribution >= 4 is 68.0 Å². The van der Waals surface area contributed by atoms with Crippen molar-refractivity contribution in [3.05, 3.63) is 35.3 Å². The Balaban J connectivity index is 1.28. The molecule has 0 radical (unpaired) electrons. The van der Waals surface area contributed by atoms with Crippen molar-refractivity contribution in [1.82, 2.24) is 29.5 Å². The molecule has 43 heavy (non-hydrogen) atoms. The summed E-state index contributed by atoms with van der Waals surface area (Å²) in [6.45, 7) is -4.64. The smallest absolute Gasteiger partial charge is 0.324 e. The maximum atomic E-state index is 15.6. The number of hydrogen-bond acceptors (Lipinski definition) is 14. The largest absolute Gasteiger partial charge is 0.369 e. The van der Waals surface area contributed by atoms with Crippen LogP contribution in [0.5, 0.6) is 0 Å². The number of fused-ring (bicyclic) bond motifs is 1. The SMILES string of the molecule is Nc1nc2c(ncn2[C@@H]2O[C@H](COP(O)(=S)O[C@@H]3[C@@H](COPS)C[C@@H](Nc4ccncn4)[C@@H]3F)[C@@H](F)[C@H]2CC=O)c(=O)[nH]1. The number of ether oxygens (including phenoxy) is 1. The molecule has 2 unspecified atom stereocenters. The van der Waals surface area contributed by atoms with Gasteiger partial charge in [0.25, 0.3) is 5.56 Å². The van der Waals surface area contributed by atoms with Gasteiger partial charge in [0.1, 0.15) is 49.2 Å². The molecule has 2 fully saturated rings. The van der Waals surface area contributed by atoms with Crippen LogP contribution >= 0.6 is 27.0 Å². The number of aldehydes is 1. The Morgan fingerprint density at radius 3 is 2.91 bits per heavy atom. The highest BCUT2D eigenvalue weighted by Gasteiger charge is 2.49.